The van der Waals surface area contributed by atoms with E-state index in [2.05, 4.69) is 5.32 Å². The number of hydrogen-bond acceptors (Lipinski definition) is 6. The molecule has 0 aromatic heterocycles. The number of hydrogen-bond donors (Lipinski definition) is 1. The number of methoxy groups -OCH3 is 1. The van der Waals surface area contributed by atoms with Crippen molar-refractivity contribution in [3.63, 3.8) is 0 Å². The van der Waals surface area contributed by atoms with Crippen LogP contribution in [0, 0.1) is 0 Å². The molecule has 0 unspecified atom stereocenters. The van der Waals surface area contributed by atoms with E-state index in [1.807, 2.05) is 19.1 Å². The standard InChI is InChI=1S/C22H28N2O6S/c1-3-30-19-6-4-5-18(16-19)23-22(25)10-7-17-15-20(8-9-21(17)28-2)31(26,27)24-11-13-29-14-12-24/h4-6,8-9,15-16H,3,7,10-14H2,1-2H3,(H,23,25). The number of rotatable bonds is 9. The highest BCUT2D eigenvalue weighted by Gasteiger charge is 2.27. The second kappa shape index (κ2) is 10.6. The molecule has 3 rings (SSSR count). The highest BCUT2D eigenvalue weighted by molar-refractivity contribution is 7.89. The van der Waals surface area contributed by atoms with Gasteiger partial charge in [-0.15, -0.1) is 0 Å². The number of nitrogens with one attached hydrogen (secondary N) is 1. The number of nitrogens with zero attached hydrogens (tertiary/aromatic N) is 1. The van der Waals surface area contributed by atoms with E-state index < -0.39 is 10.0 Å². The van der Waals surface area contributed by atoms with Gasteiger partial charge in [-0.05, 0) is 49.2 Å². The molecule has 1 fully saturated rings. The summed E-state index contributed by atoms with van der Waals surface area (Å²) in [6.45, 7) is 3.85. The van der Waals surface area contributed by atoms with Crippen LogP contribution in [-0.2, 0) is 26.0 Å². The Kier molecular flexibility index (Phi) is 7.89. The molecule has 1 saturated heterocycles. The minimum atomic E-state index is -3.62. The summed E-state index contributed by atoms with van der Waals surface area (Å²) in [6.07, 6.45) is 0.517. The second-order valence-electron chi connectivity index (χ2n) is 7.00. The Bertz CT molecular complexity index is 1000. The maximum absolute atomic E-state index is 12.9. The molecule has 9 heteroatoms. The third-order valence-electron chi connectivity index (χ3n) is 4.91. The fourth-order valence-electron chi connectivity index (χ4n) is 3.35. The van der Waals surface area contributed by atoms with Gasteiger partial charge in [-0.1, -0.05) is 6.07 Å². The maximum Gasteiger partial charge on any atom is 0.243 e. The Morgan fingerprint density at radius 2 is 1.94 bits per heavy atom. The first kappa shape index (κ1) is 23.1. The number of carbonyl (C=O) groups excluding carboxylic acids is 1. The van der Waals surface area contributed by atoms with Gasteiger partial charge in [0.25, 0.3) is 0 Å². The summed E-state index contributed by atoms with van der Waals surface area (Å²) in [5, 5.41) is 2.84. The first-order valence-electron chi connectivity index (χ1n) is 10.2. The van der Waals surface area contributed by atoms with Gasteiger partial charge in [0.2, 0.25) is 15.9 Å². The van der Waals surface area contributed by atoms with Crippen molar-refractivity contribution < 1.29 is 27.4 Å². The van der Waals surface area contributed by atoms with Crippen LogP contribution < -0.4 is 14.8 Å². The van der Waals surface area contributed by atoms with E-state index in [0.717, 1.165) is 0 Å². The van der Waals surface area contributed by atoms with Crippen LogP contribution in [0.5, 0.6) is 11.5 Å². The van der Waals surface area contributed by atoms with E-state index in [1.165, 1.54) is 17.5 Å². The topological polar surface area (TPSA) is 94.2 Å². The Morgan fingerprint density at radius 1 is 1.16 bits per heavy atom. The van der Waals surface area contributed by atoms with Crippen molar-refractivity contribution in [3.05, 3.63) is 48.0 Å². The fourth-order valence-corrected chi connectivity index (χ4v) is 4.81. The third-order valence-corrected chi connectivity index (χ3v) is 6.80. The number of anilines is 1. The van der Waals surface area contributed by atoms with Gasteiger partial charge >= 0.3 is 0 Å². The van der Waals surface area contributed by atoms with E-state index in [1.54, 1.807) is 24.3 Å². The Hall–Kier alpha value is -2.62. The van der Waals surface area contributed by atoms with Gasteiger partial charge in [0.05, 0.1) is 31.8 Å². The zero-order valence-corrected chi connectivity index (χ0v) is 18.6. The van der Waals surface area contributed by atoms with Gasteiger partial charge in [0.15, 0.2) is 0 Å². The molecule has 8 nitrogen and oxygen atoms in total. The first-order chi connectivity index (χ1) is 14.9. The van der Waals surface area contributed by atoms with Crippen molar-refractivity contribution in [2.24, 2.45) is 0 Å². The van der Waals surface area contributed by atoms with Gasteiger partial charge in [0.1, 0.15) is 11.5 Å². The summed E-state index contributed by atoms with van der Waals surface area (Å²) in [6, 6.07) is 11.9. The fraction of sp³-hybridized carbons (Fsp3) is 0.409. The predicted octanol–water partition coefficient (Wildman–Crippen LogP) is 2.69. The molecule has 0 atom stereocenters. The van der Waals surface area contributed by atoms with Crippen molar-refractivity contribution in [1.29, 1.82) is 0 Å². The molecule has 1 aliphatic heterocycles. The van der Waals surface area contributed by atoms with Crippen molar-refractivity contribution in [2.75, 3.05) is 45.3 Å². The van der Waals surface area contributed by atoms with Crippen LogP contribution in [0.4, 0.5) is 5.69 Å². The predicted molar refractivity (Wildman–Crippen MR) is 117 cm³/mol. The van der Waals surface area contributed by atoms with Gasteiger partial charge in [0, 0.05) is 31.3 Å². The zero-order valence-electron chi connectivity index (χ0n) is 17.8. The van der Waals surface area contributed by atoms with Crippen molar-refractivity contribution in [2.45, 2.75) is 24.7 Å². The number of aryl methyl sites for hydroxylation is 1. The molecule has 0 saturated carbocycles. The number of benzene rings is 2. The van der Waals surface area contributed by atoms with Gasteiger partial charge in [-0.3, -0.25) is 4.79 Å². The van der Waals surface area contributed by atoms with Gasteiger partial charge in [-0.2, -0.15) is 4.31 Å². The lowest BCUT2D eigenvalue weighted by Gasteiger charge is -2.26. The molecule has 1 N–H and O–H groups in total. The molecule has 2 aromatic rings. The molecule has 1 heterocycles. The number of ether oxygens (including phenoxy) is 3. The van der Waals surface area contributed by atoms with Crippen LogP contribution in [0.2, 0.25) is 0 Å². The van der Waals surface area contributed by atoms with Gasteiger partial charge in [-0.25, -0.2) is 8.42 Å². The smallest absolute Gasteiger partial charge is 0.243 e. The Balaban J connectivity index is 1.69. The molecule has 168 valence electrons. The van der Waals surface area contributed by atoms with E-state index in [9.17, 15) is 13.2 Å². The third kappa shape index (κ3) is 5.96. The van der Waals surface area contributed by atoms with Gasteiger partial charge < -0.3 is 19.5 Å². The summed E-state index contributed by atoms with van der Waals surface area (Å²) >= 11 is 0. The Morgan fingerprint density at radius 3 is 2.65 bits per heavy atom. The molecule has 0 bridgehead atoms. The summed E-state index contributed by atoms with van der Waals surface area (Å²) in [5.74, 6) is 1.05. The normalized spacial score (nSPS) is 14.8. The molecule has 2 aromatic carbocycles. The average Bonchev–Trinajstić information content (AvgIpc) is 2.78. The largest absolute Gasteiger partial charge is 0.496 e. The minimum Gasteiger partial charge on any atom is -0.496 e. The van der Waals surface area contributed by atoms with Crippen LogP contribution in [0.1, 0.15) is 18.9 Å². The van der Waals surface area contributed by atoms with E-state index in [0.29, 0.717) is 62.1 Å². The zero-order chi connectivity index (χ0) is 22.3. The molecule has 1 aliphatic rings. The molecule has 1 amide bonds. The first-order valence-corrected chi connectivity index (χ1v) is 11.7. The van der Waals surface area contributed by atoms with Crippen LogP contribution >= 0.6 is 0 Å². The average molecular weight is 449 g/mol. The van der Waals surface area contributed by atoms with E-state index >= 15 is 0 Å². The van der Waals surface area contributed by atoms with Crippen LogP contribution in [-0.4, -0.2) is 58.7 Å². The highest BCUT2D eigenvalue weighted by Crippen LogP contribution is 2.26. The molecular formula is C22H28N2O6S. The van der Waals surface area contributed by atoms with E-state index in [4.69, 9.17) is 14.2 Å². The quantitative estimate of drug-likeness (QED) is 0.634. The highest BCUT2D eigenvalue weighted by atomic mass is 32.2. The summed E-state index contributed by atoms with van der Waals surface area (Å²) in [7, 11) is -2.10. The molecule has 0 aliphatic carbocycles. The SMILES string of the molecule is CCOc1cccc(NC(=O)CCc2cc(S(=O)(=O)N3CCOCC3)ccc2OC)c1. The maximum atomic E-state index is 12.9. The monoisotopic (exact) mass is 448 g/mol. The van der Waals surface area contributed by atoms with Crippen molar-refractivity contribution in [1.82, 2.24) is 4.31 Å². The molecular weight excluding hydrogens is 420 g/mol. The summed E-state index contributed by atoms with van der Waals surface area (Å²) < 4.78 is 43.4. The van der Waals surface area contributed by atoms with E-state index in [-0.39, 0.29) is 17.2 Å². The lowest BCUT2D eigenvalue weighted by atomic mass is 10.1. The van der Waals surface area contributed by atoms with Crippen molar-refractivity contribution >= 4 is 21.6 Å². The minimum absolute atomic E-state index is 0.177. The number of sulfonamides is 1. The molecule has 0 radical (unpaired) electrons. The molecule has 0 spiro atoms. The second-order valence-corrected chi connectivity index (χ2v) is 8.94. The summed E-state index contributed by atoms with van der Waals surface area (Å²) in [4.78, 5) is 12.6. The lowest BCUT2D eigenvalue weighted by Crippen LogP contribution is -2.40. The number of amides is 1. The van der Waals surface area contributed by atoms with Crippen LogP contribution in [0.3, 0.4) is 0 Å². The summed E-state index contributed by atoms with van der Waals surface area (Å²) in [5.41, 5.74) is 1.31. The van der Waals surface area contributed by atoms with Crippen LogP contribution in [0.15, 0.2) is 47.4 Å². The number of morpholine rings is 1. The Labute approximate surface area is 183 Å². The lowest BCUT2D eigenvalue weighted by molar-refractivity contribution is -0.116. The number of carbonyl (C=O) groups is 1. The van der Waals surface area contributed by atoms with Crippen molar-refractivity contribution in [3.8, 4) is 11.5 Å². The van der Waals surface area contributed by atoms with Crippen LogP contribution in [0.25, 0.3) is 0 Å². The molecule has 31 heavy (non-hydrogen) atoms.